The van der Waals surface area contributed by atoms with Crippen LogP contribution in [0.3, 0.4) is 0 Å². The molecule has 0 bridgehead atoms. The summed E-state index contributed by atoms with van der Waals surface area (Å²) >= 11 is 2.01. The smallest absolute Gasteiger partial charge is 0.416 e. The lowest BCUT2D eigenvalue weighted by Gasteiger charge is -2.14. The molecule has 0 radical (unpaired) electrons. The summed E-state index contributed by atoms with van der Waals surface area (Å²) in [6, 6.07) is 16.3. The minimum Gasteiger partial charge on any atom is -0.490 e. The van der Waals surface area contributed by atoms with E-state index in [1.54, 1.807) is 43.3 Å². The van der Waals surface area contributed by atoms with E-state index in [2.05, 4.69) is 15.8 Å². The lowest BCUT2D eigenvalue weighted by Crippen LogP contribution is -2.20. The van der Waals surface area contributed by atoms with Crippen LogP contribution in [-0.2, 0) is 11.0 Å². The Hall–Kier alpha value is -3.61. The van der Waals surface area contributed by atoms with Gasteiger partial charge in [-0.2, -0.15) is 18.3 Å². The van der Waals surface area contributed by atoms with Crippen molar-refractivity contribution in [3.8, 4) is 11.5 Å². The van der Waals surface area contributed by atoms with Crippen LogP contribution in [0.25, 0.3) is 0 Å². The van der Waals surface area contributed by atoms with E-state index in [1.165, 1.54) is 12.3 Å². The summed E-state index contributed by atoms with van der Waals surface area (Å²) in [5.74, 6) is -0.405. The number of nitrogens with zero attached hydrogens (tertiary/aromatic N) is 1. The van der Waals surface area contributed by atoms with Crippen LogP contribution < -0.4 is 20.2 Å². The number of benzene rings is 3. The summed E-state index contributed by atoms with van der Waals surface area (Å²) in [6.07, 6.45) is -3.24. The maximum atomic E-state index is 12.9. The second kappa shape index (κ2) is 12.4. The average molecular weight is 611 g/mol. The SMILES string of the molecule is CCOc1cc(/C=N\NC(=O)c2cccc(C(F)(F)F)c2)cc(I)c1OCC(=O)Nc1ccccc1. The standard InChI is InChI=1S/C25H21F3IN3O4/c1-2-35-21-12-16(14-30-32-24(34)17-7-6-8-18(13-17)25(26,27)28)11-20(29)23(21)36-15-22(33)31-19-9-4-3-5-10-19/h3-14H,2,15H2,1H3,(H,31,33)(H,32,34)/b30-14-. The molecular formula is C25H21F3IN3O4. The largest absolute Gasteiger partial charge is 0.490 e. The first-order valence-corrected chi connectivity index (χ1v) is 11.7. The molecule has 3 aromatic carbocycles. The number of carbonyl (C=O) groups is 2. The number of hydrogen-bond acceptors (Lipinski definition) is 5. The monoisotopic (exact) mass is 611 g/mol. The highest BCUT2D eigenvalue weighted by Crippen LogP contribution is 2.34. The van der Waals surface area contributed by atoms with E-state index in [9.17, 15) is 22.8 Å². The number of hydrazone groups is 1. The van der Waals surface area contributed by atoms with Crippen LogP contribution >= 0.6 is 22.6 Å². The quantitative estimate of drug-likeness (QED) is 0.190. The van der Waals surface area contributed by atoms with Crippen molar-refractivity contribution in [1.82, 2.24) is 5.43 Å². The number of nitrogens with one attached hydrogen (secondary N) is 2. The van der Waals surface area contributed by atoms with E-state index in [0.717, 1.165) is 18.2 Å². The Morgan fingerprint density at radius 3 is 2.47 bits per heavy atom. The molecular weight excluding hydrogens is 590 g/mol. The first kappa shape index (κ1) is 27.0. The van der Waals surface area contributed by atoms with Gasteiger partial charge in [0, 0.05) is 11.3 Å². The first-order valence-electron chi connectivity index (χ1n) is 10.6. The molecule has 2 N–H and O–H groups in total. The summed E-state index contributed by atoms with van der Waals surface area (Å²) in [5, 5.41) is 6.56. The molecule has 0 spiro atoms. The van der Waals surface area contributed by atoms with Crippen LogP contribution in [0, 0.1) is 3.57 Å². The molecule has 11 heteroatoms. The number of anilines is 1. The molecule has 7 nitrogen and oxygen atoms in total. The van der Waals surface area contributed by atoms with Gasteiger partial charge in [-0.15, -0.1) is 0 Å². The van der Waals surface area contributed by atoms with Gasteiger partial charge in [-0.05, 0) is 77.5 Å². The summed E-state index contributed by atoms with van der Waals surface area (Å²) in [7, 11) is 0. The van der Waals surface area contributed by atoms with Crippen molar-refractivity contribution >= 4 is 46.3 Å². The zero-order valence-corrected chi connectivity index (χ0v) is 21.1. The molecule has 0 unspecified atom stereocenters. The van der Waals surface area contributed by atoms with Crippen molar-refractivity contribution in [1.29, 1.82) is 0 Å². The molecule has 0 aliphatic rings. The molecule has 0 atom stereocenters. The van der Waals surface area contributed by atoms with Gasteiger partial charge in [0.1, 0.15) is 0 Å². The van der Waals surface area contributed by atoms with Gasteiger partial charge in [-0.3, -0.25) is 9.59 Å². The Kier molecular flexibility index (Phi) is 9.28. The van der Waals surface area contributed by atoms with Gasteiger partial charge in [0.2, 0.25) is 0 Å². The number of para-hydroxylation sites is 1. The van der Waals surface area contributed by atoms with Crippen molar-refractivity contribution in [3.05, 3.63) is 87.0 Å². The van der Waals surface area contributed by atoms with E-state index in [4.69, 9.17) is 9.47 Å². The fraction of sp³-hybridized carbons (Fsp3) is 0.160. The zero-order chi connectivity index (χ0) is 26.1. The van der Waals surface area contributed by atoms with Gasteiger partial charge in [0.05, 0.1) is 22.0 Å². The lowest BCUT2D eigenvalue weighted by molar-refractivity contribution is -0.137. The number of hydrogen-bond donors (Lipinski definition) is 2. The van der Waals surface area contributed by atoms with Crippen LogP contribution in [0.1, 0.15) is 28.4 Å². The molecule has 0 aliphatic heterocycles. The third-order valence-electron chi connectivity index (χ3n) is 4.57. The van der Waals surface area contributed by atoms with Crippen molar-refractivity contribution in [2.24, 2.45) is 5.10 Å². The third-order valence-corrected chi connectivity index (χ3v) is 5.37. The van der Waals surface area contributed by atoms with Gasteiger partial charge in [-0.25, -0.2) is 5.43 Å². The number of halogens is 4. The fourth-order valence-electron chi connectivity index (χ4n) is 2.99. The third kappa shape index (κ3) is 7.70. The van der Waals surface area contributed by atoms with E-state index in [-0.39, 0.29) is 18.1 Å². The molecule has 0 saturated carbocycles. The fourth-order valence-corrected chi connectivity index (χ4v) is 3.77. The Morgan fingerprint density at radius 2 is 1.78 bits per heavy atom. The van der Waals surface area contributed by atoms with Gasteiger partial charge in [-0.1, -0.05) is 24.3 Å². The minimum atomic E-state index is -4.56. The minimum absolute atomic E-state index is 0.177. The predicted molar refractivity (Wildman–Crippen MR) is 137 cm³/mol. The van der Waals surface area contributed by atoms with E-state index < -0.39 is 17.6 Å². The summed E-state index contributed by atoms with van der Waals surface area (Å²) in [6.45, 7) is 1.87. The maximum absolute atomic E-state index is 12.9. The Morgan fingerprint density at radius 1 is 1.03 bits per heavy atom. The predicted octanol–water partition coefficient (Wildman–Crippen LogP) is 5.49. The van der Waals surface area contributed by atoms with Crippen molar-refractivity contribution in [3.63, 3.8) is 0 Å². The van der Waals surface area contributed by atoms with E-state index in [1.807, 2.05) is 28.7 Å². The highest BCUT2D eigenvalue weighted by molar-refractivity contribution is 14.1. The Balaban J connectivity index is 1.67. The number of rotatable bonds is 9. The molecule has 0 aliphatic carbocycles. The van der Waals surface area contributed by atoms with Crippen LogP contribution in [0.5, 0.6) is 11.5 Å². The number of carbonyl (C=O) groups excluding carboxylic acids is 2. The molecule has 0 heterocycles. The second-order valence-corrected chi connectivity index (χ2v) is 8.41. The van der Waals surface area contributed by atoms with Gasteiger partial charge in [0.15, 0.2) is 18.1 Å². The molecule has 0 fully saturated rings. The lowest BCUT2D eigenvalue weighted by atomic mass is 10.1. The van der Waals surface area contributed by atoms with Gasteiger partial charge in [0.25, 0.3) is 11.8 Å². The highest BCUT2D eigenvalue weighted by atomic mass is 127. The van der Waals surface area contributed by atoms with Gasteiger partial charge >= 0.3 is 6.18 Å². The molecule has 3 rings (SSSR count). The molecule has 2 amide bonds. The first-order chi connectivity index (χ1) is 17.2. The summed E-state index contributed by atoms with van der Waals surface area (Å²) in [4.78, 5) is 24.4. The Labute approximate surface area is 218 Å². The van der Waals surface area contributed by atoms with Crippen molar-refractivity contribution in [2.45, 2.75) is 13.1 Å². The van der Waals surface area contributed by atoms with E-state index in [0.29, 0.717) is 32.9 Å². The summed E-state index contributed by atoms with van der Waals surface area (Å²) in [5.41, 5.74) is 2.28. The molecule has 0 aromatic heterocycles. The van der Waals surface area contributed by atoms with Crippen molar-refractivity contribution in [2.75, 3.05) is 18.5 Å². The summed E-state index contributed by atoms with van der Waals surface area (Å²) < 4.78 is 50.6. The van der Waals surface area contributed by atoms with Crippen LogP contribution in [-0.4, -0.2) is 31.2 Å². The van der Waals surface area contributed by atoms with Crippen LogP contribution in [0.15, 0.2) is 71.8 Å². The number of alkyl halides is 3. The number of ether oxygens (including phenoxy) is 2. The van der Waals surface area contributed by atoms with E-state index >= 15 is 0 Å². The second-order valence-electron chi connectivity index (χ2n) is 7.24. The maximum Gasteiger partial charge on any atom is 0.416 e. The normalized spacial score (nSPS) is 11.2. The molecule has 3 aromatic rings. The Bertz CT molecular complexity index is 1250. The van der Waals surface area contributed by atoms with Gasteiger partial charge < -0.3 is 14.8 Å². The molecule has 188 valence electrons. The number of amides is 2. The molecule has 36 heavy (non-hydrogen) atoms. The van der Waals surface area contributed by atoms with Crippen LogP contribution in [0.2, 0.25) is 0 Å². The van der Waals surface area contributed by atoms with Crippen molar-refractivity contribution < 1.29 is 32.2 Å². The topological polar surface area (TPSA) is 89.0 Å². The zero-order valence-electron chi connectivity index (χ0n) is 18.9. The molecule has 0 saturated heterocycles. The average Bonchev–Trinajstić information content (AvgIpc) is 2.84. The highest BCUT2D eigenvalue weighted by Gasteiger charge is 2.30. The van der Waals surface area contributed by atoms with Crippen LogP contribution in [0.4, 0.5) is 18.9 Å².